The molecule has 1 aliphatic rings. The molecular weight excluding hydrogens is 444 g/mol. The molecule has 1 aliphatic carbocycles. The first-order valence-electron chi connectivity index (χ1n) is 11.6. The van der Waals surface area contributed by atoms with E-state index < -0.39 is 18.0 Å². The first-order valence-corrected chi connectivity index (χ1v) is 11.6. The number of carboxylic acids is 1. The van der Waals surface area contributed by atoms with Crippen molar-refractivity contribution in [1.82, 2.24) is 5.32 Å². The first kappa shape index (κ1) is 24.0. The van der Waals surface area contributed by atoms with Crippen LogP contribution in [0.1, 0.15) is 30.4 Å². The summed E-state index contributed by atoms with van der Waals surface area (Å²) in [6.45, 7) is 2.01. The van der Waals surface area contributed by atoms with Crippen molar-refractivity contribution in [3.05, 3.63) is 90.0 Å². The number of ether oxygens (including phenoxy) is 1. The van der Waals surface area contributed by atoms with E-state index in [-0.39, 0.29) is 37.9 Å². The molecule has 0 radical (unpaired) electrons. The second kappa shape index (κ2) is 10.9. The van der Waals surface area contributed by atoms with Crippen LogP contribution < -0.4 is 10.2 Å². The number of carbonyl (C=O) groups excluding carboxylic acids is 2. The summed E-state index contributed by atoms with van der Waals surface area (Å²) in [6.07, 6.45) is -0.768. The fraction of sp³-hybridized carbons (Fsp3) is 0.250. The summed E-state index contributed by atoms with van der Waals surface area (Å²) < 4.78 is 5.54. The maximum atomic E-state index is 13.1. The van der Waals surface area contributed by atoms with Gasteiger partial charge < -0.3 is 20.1 Å². The average Bonchev–Trinajstić information content (AvgIpc) is 3.20. The predicted octanol–water partition coefficient (Wildman–Crippen LogP) is 4.67. The van der Waals surface area contributed by atoms with Crippen LogP contribution in [0.2, 0.25) is 0 Å². The van der Waals surface area contributed by atoms with E-state index in [0.29, 0.717) is 5.69 Å². The van der Waals surface area contributed by atoms with Gasteiger partial charge in [0.05, 0.1) is 12.3 Å². The fourth-order valence-corrected chi connectivity index (χ4v) is 4.42. The fourth-order valence-electron chi connectivity index (χ4n) is 4.42. The van der Waals surface area contributed by atoms with Crippen molar-refractivity contribution >= 4 is 23.7 Å². The molecule has 0 fully saturated rings. The van der Waals surface area contributed by atoms with E-state index in [2.05, 4.69) is 29.6 Å². The molecule has 0 heterocycles. The summed E-state index contributed by atoms with van der Waals surface area (Å²) >= 11 is 0. The lowest BCUT2D eigenvalue weighted by Gasteiger charge is -2.25. The minimum atomic E-state index is -0.983. The first-order chi connectivity index (χ1) is 17.0. The third-order valence-electron chi connectivity index (χ3n) is 6.20. The van der Waals surface area contributed by atoms with E-state index >= 15 is 0 Å². The van der Waals surface area contributed by atoms with Crippen molar-refractivity contribution in [1.29, 1.82) is 0 Å². The number of benzene rings is 3. The zero-order valence-corrected chi connectivity index (χ0v) is 19.5. The summed E-state index contributed by atoms with van der Waals surface area (Å²) in [5, 5.41) is 11.7. The number of carbonyl (C=O) groups is 3. The molecule has 1 unspecified atom stereocenters. The lowest BCUT2D eigenvalue weighted by Crippen LogP contribution is -2.41. The highest BCUT2D eigenvalue weighted by Crippen LogP contribution is 2.44. The van der Waals surface area contributed by atoms with E-state index in [1.54, 1.807) is 31.2 Å². The van der Waals surface area contributed by atoms with Gasteiger partial charge in [-0.05, 0) is 34.4 Å². The van der Waals surface area contributed by atoms with Crippen molar-refractivity contribution in [2.24, 2.45) is 5.92 Å². The van der Waals surface area contributed by atoms with Crippen LogP contribution in [0.15, 0.2) is 78.9 Å². The monoisotopic (exact) mass is 472 g/mol. The van der Waals surface area contributed by atoms with Crippen LogP contribution in [0.25, 0.3) is 11.1 Å². The molecule has 0 spiro atoms. The molecule has 7 heteroatoms. The lowest BCUT2D eigenvalue weighted by molar-refractivity contribution is -0.136. The van der Waals surface area contributed by atoms with Gasteiger partial charge in [-0.2, -0.15) is 0 Å². The maximum absolute atomic E-state index is 13.1. The maximum Gasteiger partial charge on any atom is 0.407 e. The van der Waals surface area contributed by atoms with Gasteiger partial charge >= 0.3 is 12.1 Å². The van der Waals surface area contributed by atoms with Crippen molar-refractivity contribution in [2.75, 3.05) is 24.6 Å². The van der Waals surface area contributed by atoms with E-state index in [4.69, 9.17) is 9.84 Å². The Morgan fingerprint density at radius 2 is 1.49 bits per heavy atom. The molecule has 0 aliphatic heterocycles. The number of anilines is 1. The normalized spacial score (nSPS) is 12.8. The molecule has 0 saturated heterocycles. The van der Waals surface area contributed by atoms with Gasteiger partial charge in [0.15, 0.2) is 0 Å². The topological polar surface area (TPSA) is 95.9 Å². The molecule has 2 N–H and O–H groups in total. The van der Waals surface area contributed by atoms with Crippen LogP contribution in [0.4, 0.5) is 10.5 Å². The summed E-state index contributed by atoms with van der Waals surface area (Å²) in [6, 6.07) is 25.1. The quantitative estimate of drug-likeness (QED) is 0.472. The molecule has 0 saturated carbocycles. The Bertz CT molecular complexity index is 1170. The van der Waals surface area contributed by atoms with Crippen molar-refractivity contribution in [3.63, 3.8) is 0 Å². The lowest BCUT2D eigenvalue weighted by atomic mass is 9.98. The van der Waals surface area contributed by atoms with Crippen LogP contribution in [-0.4, -0.2) is 42.8 Å². The zero-order valence-electron chi connectivity index (χ0n) is 19.5. The number of fused-ring (bicyclic) bond motifs is 3. The molecule has 0 bridgehead atoms. The molecular formula is C28H28N2O5. The highest BCUT2D eigenvalue weighted by Gasteiger charge is 2.29. The van der Waals surface area contributed by atoms with Gasteiger partial charge in [0, 0.05) is 24.7 Å². The SMILES string of the molecule is CC(CNC(=O)OCC1c2ccccc2-c2ccccc21)C(=O)N(CCC(=O)O)c1ccccc1. The molecule has 1 atom stereocenters. The van der Waals surface area contributed by atoms with Gasteiger partial charge in [0.25, 0.3) is 0 Å². The average molecular weight is 473 g/mol. The van der Waals surface area contributed by atoms with Gasteiger partial charge in [-0.15, -0.1) is 0 Å². The molecule has 35 heavy (non-hydrogen) atoms. The molecule has 3 aromatic rings. The van der Waals surface area contributed by atoms with Crippen molar-refractivity contribution in [2.45, 2.75) is 19.3 Å². The molecule has 180 valence electrons. The van der Waals surface area contributed by atoms with Crippen LogP contribution in [0.5, 0.6) is 0 Å². The van der Waals surface area contributed by atoms with E-state index in [9.17, 15) is 14.4 Å². The van der Waals surface area contributed by atoms with Crippen molar-refractivity contribution in [3.8, 4) is 11.1 Å². The number of alkyl carbamates (subject to hydrolysis) is 1. The second-order valence-corrected chi connectivity index (χ2v) is 8.58. The largest absolute Gasteiger partial charge is 0.481 e. The predicted molar refractivity (Wildman–Crippen MR) is 133 cm³/mol. The molecule has 7 nitrogen and oxygen atoms in total. The Morgan fingerprint density at radius 1 is 0.914 bits per heavy atom. The summed E-state index contributed by atoms with van der Waals surface area (Å²) in [4.78, 5) is 38.0. The smallest absolute Gasteiger partial charge is 0.407 e. The van der Waals surface area contributed by atoms with Crippen LogP contribution in [0.3, 0.4) is 0 Å². The number of carboxylic acid groups (broad SMARTS) is 1. The Morgan fingerprint density at radius 3 is 2.09 bits per heavy atom. The standard InChI is InChI=1S/C28H28N2O5/c1-19(27(33)30(16-15-26(31)32)20-9-3-2-4-10-20)17-29-28(34)35-18-25-23-13-7-5-11-21(23)22-12-6-8-14-24(22)25/h2-14,19,25H,15-18H2,1H3,(H,29,34)(H,31,32). The Labute approximate surface area is 204 Å². The molecule has 4 rings (SSSR count). The number of hydrogen-bond donors (Lipinski definition) is 2. The summed E-state index contributed by atoms with van der Waals surface area (Å²) in [7, 11) is 0. The number of nitrogens with one attached hydrogen (secondary N) is 1. The van der Waals surface area contributed by atoms with Crippen LogP contribution in [0, 0.1) is 5.92 Å². The minimum absolute atomic E-state index is 0.0446. The third-order valence-corrected chi connectivity index (χ3v) is 6.20. The zero-order chi connectivity index (χ0) is 24.8. The van der Waals surface area contributed by atoms with Gasteiger partial charge in [-0.1, -0.05) is 73.7 Å². The summed E-state index contributed by atoms with van der Waals surface area (Å²) in [5.74, 6) is -1.86. The number of aliphatic carboxylic acids is 1. The summed E-state index contributed by atoms with van der Waals surface area (Å²) in [5.41, 5.74) is 5.17. The van der Waals surface area contributed by atoms with Crippen molar-refractivity contribution < 1.29 is 24.2 Å². The Kier molecular flexibility index (Phi) is 7.45. The highest BCUT2D eigenvalue weighted by molar-refractivity contribution is 5.95. The number of nitrogens with zero attached hydrogens (tertiary/aromatic N) is 1. The van der Waals surface area contributed by atoms with Crippen LogP contribution in [-0.2, 0) is 14.3 Å². The molecule has 0 aromatic heterocycles. The highest BCUT2D eigenvalue weighted by atomic mass is 16.5. The van der Waals surface area contributed by atoms with E-state index in [1.807, 2.05) is 30.3 Å². The van der Waals surface area contributed by atoms with Gasteiger partial charge in [0.2, 0.25) is 5.91 Å². The Hall–Kier alpha value is -4.13. The van der Waals surface area contributed by atoms with Gasteiger partial charge in [0.1, 0.15) is 6.61 Å². The van der Waals surface area contributed by atoms with E-state index in [0.717, 1.165) is 22.3 Å². The van der Waals surface area contributed by atoms with Crippen LogP contribution >= 0.6 is 0 Å². The van der Waals surface area contributed by atoms with Gasteiger partial charge in [-0.3, -0.25) is 9.59 Å². The number of rotatable bonds is 9. The van der Waals surface area contributed by atoms with Gasteiger partial charge in [-0.25, -0.2) is 4.79 Å². The molecule has 2 amide bonds. The molecule has 3 aromatic carbocycles. The Balaban J connectivity index is 1.34. The second-order valence-electron chi connectivity index (χ2n) is 8.58. The number of hydrogen-bond acceptors (Lipinski definition) is 4. The van der Waals surface area contributed by atoms with E-state index in [1.165, 1.54) is 4.90 Å². The number of para-hydroxylation sites is 1. The third kappa shape index (κ3) is 5.51. The minimum Gasteiger partial charge on any atom is -0.481 e. The number of amides is 2.